The molecule has 0 unspecified atom stereocenters. The molecular weight excluding hydrogens is 304 g/mol. The molecular formula is C16H17F2N3O2. The fourth-order valence-electron chi connectivity index (χ4n) is 2.95. The summed E-state index contributed by atoms with van der Waals surface area (Å²) < 4.78 is 34.4. The van der Waals surface area contributed by atoms with Gasteiger partial charge in [-0.15, -0.1) is 0 Å². The first kappa shape index (κ1) is 15.6. The number of carbonyl (C=O) groups excluding carboxylic acids is 1. The number of anilines is 1. The third kappa shape index (κ3) is 2.96. The lowest BCUT2D eigenvalue weighted by molar-refractivity contribution is -0.125. The van der Waals surface area contributed by atoms with Gasteiger partial charge in [-0.2, -0.15) is 5.10 Å². The quantitative estimate of drug-likeness (QED) is 0.944. The number of aryl methyl sites for hydroxylation is 1. The van der Waals surface area contributed by atoms with Gasteiger partial charge in [0.25, 0.3) is 0 Å². The van der Waals surface area contributed by atoms with E-state index in [1.165, 1.54) is 18.3 Å². The van der Waals surface area contributed by atoms with Gasteiger partial charge in [0.05, 0.1) is 17.3 Å². The van der Waals surface area contributed by atoms with Crippen molar-refractivity contribution >= 4 is 11.6 Å². The number of amides is 1. The molecule has 2 heterocycles. The Morgan fingerprint density at radius 1 is 1.35 bits per heavy atom. The number of hydrogen-bond acceptors (Lipinski definition) is 3. The second kappa shape index (κ2) is 6.08. The van der Waals surface area contributed by atoms with Crippen LogP contribution in [-0.4, -0.2) is 28.9 Å². The van der Waals surface area contributed by atoms with Gasteiger partial charge in [0, 0.05) is 38.1 Å². The van der Waals surface area contributed by atoms with E-state index < -0.39 is 17.0 Å². The predicted octanol–water partition coefficient (Wildman–Crippen LogP) is 2.39. The molecule has 1 aromatic carbocycles. The summed E-state index contributed by atoms with van der Waals surface area (Å²) in [7, 11) is 1.74. The third-order valence-electron chi connectivity index (χ3n) is 4.19. The summed E-state index contributed by atoms with van der Waals surface area (Å²) in [4.78, 5) is 12.9. The van der Waals surface area contributed by atoms with Crippen LogP contribution in [-0.2, 0) is 22.0 Å². The minimum atomic E-state index is -1.08. The average Bonchev–Trinajstić information content (AvgIpc) is 2.93. The molecule has 0 aliphatic carbocycles. The van der Waals surface area contributed by atoms with Crippen LogP contribution >= 0.6 is 0 Å². The molecule has 1 amide bonds. The topological polar surface area (TPSA) is 56.2 Å². The highest BCUT2D eigenvalue weighted by Crippen LogP contribution is 2.37. The predicted molar refractivity (Wildman–Crippen MR) is 79.9 cm³/mol. The Morgan fingerprint density at radius 2 is 2.09 bits per heavy atom. The monoisotopic (exact) mass is 321 g/mol. The number of aromatic nitrogens is 2. The van der Waals surface area contributed by atoms with Crippen molar-refractivity contribution in [3.63, 3.8) is 0 Å². The first-order valence-electron chi connectivity index (χ1n) is 7.35. The first-order chi connectivity index (χ1) is 11.0. The van der Waals surface area contributed by atoms with Crippen molar-refractivity contribution in [2.45, 2.75) is 18.3 Å². The molecule has 1 fully saturated rings. The largest absolute Gasteiger partial charge is 0.381 e. The molecule has 0 bridgehead atoms. The normalized spacial score (nSPS) is 17.0. The molecule has 0 radical (unpaired) electrons. The Morgan fingerprint density at radius 3 is 2.70 bits per heavy atom. The van der Waals surface area contributed by atoms with E-state index in [-0.39, 0.29) is 11.5 Å². The van der Waals surface area contributed by atoms with Gasteiger partial charge >= 0.3 is 0 Å². The summed E-state index contributed by atoms with van der Waals surface area (Å²) in [6.07, 6.45) is 3.85. The maximum absolute atomic E-state index is 14.3. The van der Waals surface area contributed by atoms with Gasteiger partial charge < -0.3 is 10.1 Å². The van der Waals surface area contributed by atoms with Crippen molar-refractivity contribution in [3.8, 4) is 0 Å². The molecule has 3 rings (SSSR count). The van der Waals surface area contributed by atoms with Gasteiger partial charge in [-0.05, 0) is 18.9 Å². The van der Waals surface area contributed by atoms with E-state index in [0.29, 0.717) is 31.7 Å². The number of ether oxygens (including phenoxy) is 1. The van der Waals surface area contributed by atoms with E-state index in [2.05, 4.69) is 10.4 Å². The molecule has 2 aromatic rings. The Labute approximate surface area is 132 Å². The fourth-order valence-corrected chi connectivity index (χ4v) is 2.95. The van der Waals surface area contributed by atoms with Crippen molar-refractivity contribution < 1.29 is 18.3 Å². The van der Waals surface area contributed by atoms with Crippen LogP contribution in [0.1, 0.15) is 18.4 Å². The van der Waals surface area contributed by atoms with Gasteiger partial charge in [-0.25, -0.2) is 8.78 Å². The SMILES string of the molecule is Cn1cc(NC(=O)C2(c3ccc(F)cc3F)CCOCC2)cn1. The fraction of sp³-hybridized carbons (Fsp3) is 0.375. The van der Waals surface area contributed by atoms with Crippen molar-refractivity contribution in [2.24, 2.45) is 7.05 Å². The van der Waals surface area contributed by atoms with Crippen molar-refractivity contribution in [2.75, 3.05) is 18.5 Å². The first-order valence-corrected chi connectivity index (χ1v) is 7.35. The van der Waals surface area contributed by atoms with Crippen LogP contribution in [0.15, 0.2) is 30.6 Å². The number of rotatable bonds is 3. The van der Waals surface area contributed by atoms with Crippen LogP contribution in [0, 0.1) is 11.6 Å². The molecule has 1 N–H and O–H groups in total. The van der Waals surface area contributed by atoms with Crippen molar-refractivity contribution in [1.29, 1.82) is 0 Å². The van der Waals surface area contributed by atoms with Crippen LogP contribution in [0.5, 0.6) is 0 Å². The second-order valence-corrected chi connectivity index (χ2v) is 5.68. The van der Waals surface area contributed by atoms with Crippen LogP contribution in [0.25, 0.3) is 0 Å². The number of halogens is 2. The van der Waals surface area contributed by atoms with Gasteiger partial charge in [-0.3, -0.25) is 9.48 Å². The Hall–Kier alpha value is -2.28. The van der Waals surface area contributed by atoms with Gasteiger partial charge in [0.1, 0.15) is 11.6 Å². The molecule has 0 saturated carbocycles. The smallest absolute Gasteiger partial charge is 0.235 e. The van der Waals surface area contributed by atoms with Crippen LogP contribution in [0.3, 0.4) is 0 Å². The lowest BCUT2D eigenvalue weighted by atomic mass is 9.73. The highest BCUT2D eigenvalue weighted by atomic mass is 19.1. The summed E-state index contributed by atoms with van der Waals surface area (Å²) in [5, 5.41) is 6.77. The van der Waals surface area contributed by atoms with Gasteiger partial charge in [0.15, 0.2) is 0 Å². The summed E-state index contributed by atoms with van der Waals surface area (Å²) in [6, 6.07) is 3.33. The maximum atomic E-state index is 14.3. The summed E-state index contributed by atoms with van der Waals surface area (Å²) in [6.45, 7) is 0.689. The number of carbonyl (C=O) groups is 1. The van der Waals surface area contributed by atoms with Crippen LogP contribution < -0.4 is 5.32 Å². The van der Waals surface area contributed by atoms with E-state index in [9.17, 15) is 13.6 Å². The standard InChI is InChI=1S/C16H17F2N3O2/c1-21-10-12(9-19-21)20-15(22)16(4-6-23-7-5-16)13-3-2-11(17)8-14(13)18/h2-3,8-10H,4-7H2,1H3,(H,20,22). The second-order valence-electron chi connectivity index (χ2n) is 5.68. The highest BCUT2D eigenvalue weighted by Gasteiger charge is 2.43. The lowest BCUT2D eigenvalue weighted by Crippen LogP contribution is -2.45. The molecule has 1 aliphatic heterocycles. The third-order valence-corrected chi connectivity index (χ3v) is 4.19. The van der Waals surface area contributed by atoms with E-state index in [1.54, 1.807) is 17.9 Å². The van der Waals surface area contributed by atoms with E-state index in [1.807, 2.05) is 0 Å². The number of nitrogens with one attached hydrogen (secondary N) is 1. The molecule has 7 heteroatoms. The Balaban J connectivity index is 1.97. The molecule has 0 spiro atoms. The molecule has 1 saturated heterocycles. The molecule has 0 atom stereocenters. The van der Waals surface area contributed by atoms with E-state index in [0.717, 1.165) is 6.07 Å². The van der Waals surface area contributed by atoms with Gasteiger partial charge in [-0.1, -0.05) is 6.07 Å². The highest BCUT2D eigenvalue weighted by molar-refractivity contribution is 5.99. The van der Waals surface area contributed by atoms with Crippen molar-refractivity contribution in [3.05, 3.63) is 47.8 Å². The molecule has 1 aliphatic rings. The number of benzene rings is 1. The average molecular weight is 321 g/mol. The Kier molecular flexibility index (Phi) is 4.12. The van der Waals surface area contributed by atoms with Crippen LogP contribution in [0.2, 0.25) is 0 Å². The molecule has 5 nitrogen and oxygen atoms in total. The summed E-state index contributed by atoms with van der Waals surface area (Å²) in [5.41, 5.74) is -0.347. The number of nitrogens with zero attached hydrogens (tertiary/aromatic N) is 2. The molecule has 122 valence electrons. The summed E-state index contributed by atoms with van der Waals surface area (Å²) >= 11 is 0. The molecule has 1 aromatic heterocycles. The maximum Gasteiger partial charge on any atom is 0.235 e. The Bertz CT molecular complexity index is 724. The number of hydrogen-bond donors (Lipinski definition) is 1. The molecule has 23 heavy (non-hydrogen) atoms. The minimum absolute atomic E-state index is 0.198. The zero-order valence-electron chi connectivity index (χ0n) is 12.7. The summed E-state index contributed by atoms with van der Waals surface area (Å²) in [5.74, 6) is -1.71. The van der Waals surface area contributed by atoms with E-state index >= 15 is 0 Å². The lowest BCUT2D eigenvalue weighted by Gasteiger charge is -2.36. The minimum Gasteiger partial charge on any atom is -0.381 e. The van der Waals surface area contributed by atoms with E-state index in [4.69, 9.17) is 4.74 Å². The van der Waals surface area contributed by atoms with Gasteiger partial charge in [0.2, 0.25) is 5.91 Å². The zero-order valence-corrected chi connectivity index (χ0v) is 12.7. The van der Waals surface area contributed by atoms with Crippen molar-refractivity contribution in [1.82, 2.24) is 9.78 Å². The zero-order chi connectivity index (χ0) is 16.4. The van der Waals surface area contributed by atoms with Crippen LogP contribution in [0.4, 0.5) is 14.5 Å².